The summed E-state index contributed by atoms with van der Waals surface area (Å²) < 4.78 is 15.0. The highest BCUT2D eigenvalue weighted by Gasteiger charge is 2.43. The van der Waals surface area contributed by atoms with Gasteiger partial charge in [-0.05, 0) is 13.8 Å². The average Bonchev–Trinajstić information content (AvgIpc) is 2.09. The van der Waals surface area contributed by atoms with E-state index in [0.29, 0.717) is 0 Å². The number of carbonyl (C=O) groups excluding carboxylic acids is 1. The van der Waals surface area contributed by atoms with Crippen molar-refractivity contribution in [2.75, 3.05) is 20.3 Å². The Morgan fingerprint density at radius 2 is 1.85 bits per heavy atom. The molecule has 0 aromatic rings. The molecule has 1 aliphatic heterocycles. The van der Waals surface area contributed by atoms with Crippen molar-refractivity contribution in [2.45, 2.75) is 25.2 Å². The normalized spacial score (nSPS) is 25.2. The van der Waals surface area contributed by atoms with Gasteiger partial charge in [0.25, 0.3) is 0 Å². The predicted molar refractivity (Wildman–Crippen MR) is 44.9 cm³/mol. The lowest BCUT2D eigenvalue weighted by atomic mass is 10.0. The third-order valence-corrected chi connectivity index (χ3v) is 1.95. The quantitative estimate of drug-likeness (QED) is 0.570. The van der Waals surface area contributed by atoms with E-state index >= 15 is 0 Å². The molecule has 76 valence electrons. The van der Waals surface area contributed by atoms with E-state index in [1.807, 2.05) is 0 Å². The Morgan fingerprint density at radius 3 is 2.23 bits per heavy atom. The maximum absolute atomic E-state index is 11.2. The van der Waals surface area contributed by atoms with Gasteiger partial charge in [0.05, 0.1) is 20.3 Å². The number of methoxy groups -OCH3 is 1. The first kappa shape index (κ1) is 10.4. The van der Waals surface area contributed by atoms with Gasteiger partial charge in [-0.1, -0.05) is 0 Å². The van der Waals surface area contributed by atoms with Crippen molar-refractivity contribution in [1.82, 2.24) is 0 Å². The molecule has 0 radical (unpaired) electrons. The zero-order chi connectivity index (χ0) is 10.1. The van der Waals surface area contributed by atoms with Crippen molar-refractivity contribution in [2.24, 2.45) is 5.73 Å². The van der Waals surface area contributed by atoms with Gasteiger partial charge in [0, 0.05) is 0 Å². The summed E-state index contributed by atoms with van der Waals surface area (Å²) >= 11 is 0. The fourth-order valence-electron chi connectivity index (χ4n) is 1.01. The summed E-state index contributed by atoms with van der Waals surface area (Å²) in [5.41, 5.74) is 4.55. The van der Waals surface area contributed by atoms with Crippen molar-refractivity contribution >= 4 is 5.97 Å². The molecule has 0 aromatic heterocycles. The van der Waals surface area contributed by atoms with Crippen LogP contribution < -0.4 is 5.73 Å². The number of esters is 1. The maximum Gasteiger partial charge on any atom is 0.330 e. The highest BCUT2D eigenvalue weighted by Crippen LogP contribution is 2.22. The first-order chi connectivity index (χ1) is 5.90. The van der Waals surface area contributed by atoms with Crippen LogP contribution in [0.4, 0.5) is 0 Å². The second-order valence-corrected chi connectivity index (χ2v) is 3.62. The van der Waals surface area contributed by atoms with Gasteiger partial charge in [-0.2, -0.15) is 0 Å². The van der Waals surface area contributed by atoms with Crippen LogP contribution in [0.15, 0.2) is 0 Å². The number of rotatable bonds is 1. The molecule has 0 aromatic carbocycles. The minimum absolute atomic E-state index is 0.118. The molecule has 1 heterocycles. The molecule has 0 unspecified atom stereocenters. The molecule has 0 spiro atoms. The molecule has 1 saturated heterocycles. The van der Waals surface area contributed by atoms with Crippen LogP contribution in [-0.4, -0.2) is 37.6 Å². The molecule has 1 rings (SSSR count). The van der Waals surface area contributed by atoms with E-state index in [0.717, 1.165) is 0 Å². The summed E-state index contributed by atoms with van der Waals surface area (Å²) in [7, 11) is 1.29. The molecular formula is C8H15NO4. The van der Waals surface area contributed by atoms with Gasteiger partial charge in [0.1, 0.15) is 0 Å². The molecule has 1 fully saturated rings. The van der Waals surface area contributed by atoms with Gasteiger partial charge in [0.2, 0.25) is 0 Å². The van der Waals surface area contributed by atoms with Gasteiger partial charge in [-0.15, -0.1) is 0 Å². The monoisotopic (exact) mass is 189 g/mol. The predicted octanol–water partition coefficient (Wildman–Crippen LogP) is -0.360. The minimum Gasteiger partial charge on any atom is -0.468 e. The number of hydrogen-bond donors (Lipinski definition) is 1. The van der Waals surface area contributed by atoms with Crippen LogP contribution in [0.2, 0.25) is 0 Å². The van der Waals surface area contributed by atoms with E-state index in [4.69, 9.17) is 15.2 Å². The fourth-order valence-corrected chi connectivity index (χ4v) is 1.01. The first-order valence-electron chi connectivity index (χ1n) is 4.05. The van der Waals surface area contributed by atoms with Gasteiger partial charge in [-0.3, -0.25) is 0 Å². The number of nitrogens with two attached hydrogens (primary N) is 1. The first-order valence-corrected chi connectivity index (χ1v) is 4.05. The summed E-state index contributed by atoms with van der Waals surface area (Å²) in [5, 5.41) is 0. The second kappa shape index (κ2) is 3.25. The van der Waals surface area contributed by atoms with Crippen molar-refractivity contribution in [3.8, 4) is 0 Å². The van der Waals surface area contributed by atoms with Crippen LogP contribution in [0.3, 0.4) is 0 Å². The highest BCUT2D eigenvalue weighted by atomic mass is 16.7. The van der Waals surface area contributed by atoms with E-state index in [2.05, 4.69) is 4.74 Å². The molecule has 1 aliphatic rings. The molecule has 0 aliphatic carbocycles. The summed E-state index contributed by atoms with van der Waals surface area (Å²) in [6.07, 6.45) is 0. The Morgan fingerprint density at radius 1 is 1.38 bits per heavy atom. The third kappa shape index (κ3) is 2.18. The zero-order valence-corrected chi connectivity index (χ0v) is 8.12. The van der Waals surface area contributed by atoms with Crippen LogP contribution in [0.5, 0.6) is 0 Å². The van der Waals surface area contributed by atoms with Crippen molar-refractivity contribution in [3.05, 3.63) is 0 Å². The Hall–Kier alpha value is -0.650. The van der Waals surface area contributed by atoms with Crippen LogP contribution in [0, 0.1) is 0 Å². The molecule has 0 saturated carbocycles. The van der Waals surface area contributed by atoms with Crippen molar-refractivity contribution in [1.29, 1.82) is 0 Å². The SMILES string of the molecule is COC(=O)C1(N)COC(C)(C)OC1. The summed E-state index contributed by atoms with van der Waals surface area (Å²) in [6.45, 7) is 3.77. The lowest BCUT2D eigenvalue weighted by Crippen LogP contribution is -2.62. The number of ether oxygens (including phenoxy) is 3. The molecule has 13 heavy (non-hydrogen) atoms. The second-order valence-electron chi connectivity index (χ2n) is 3.62. The van der Waals surface area contributed by atoms with Gasteiger partial charge in [0.15, 0.2) is 11.3 Å². The Balaban J connectivity index is 2.61. The number of carbonyl (C=O) groups is 1. The van der Waals surface area contributed by atoms with Gasteiger partial charge >= 0.3 is 5.97 Å². The minimum atomic E-state index is -1.16. The Bertz CT molecular complexity index is 204. The summed E-state index contributed by atoms with van der Waals surface area (Å²) in [4.78, 5) is 11.2. The van der Waals surface area contributed by atoms with Crippen molar-refractivity contribution in [3.63, 3.8) is 0 Å². The lowest BCUT2D eigenvalue weighted by Gasteiger charge is -2.39. The molecule has 0 bridgehead atoms. The van der Waals surface area contributed by atoms with Gasteiger partial charge in [-0.25, -0.2) is 4.79 Å². The summed E-state index contributed by atoms with van der Waals surface area (Å²) in [5.74, 6) is -1.18. The van der Waals surface area contributed by atoms with E-state index in [9.17, 15) is 4.79 Å². The van der Waals surface area contributed by atoms with Crippen molar-refractivity contribution < 1.29 is 19.0 Å². The molecule has 0 atom stereocenters. The van der Waals surface area contributed by atoms with Gasteiger partial charge < -0.3 is 19.9 Å². The zero-order valence-electron chi connectivity index (χ0n) is 8.12. The number of hydrogen-bond acceptors (Lipinski definition) is 5. The fraction of sp³-hybridized carbons (Fsp3) is 0.875. The van der Waals surface area contributed by atoms with Crippen LogP contribution >= 0.6 is 0 Å². The molecule has 2 N–H and O–H groups in total. The largest absolute Gasteiger partial charge is 0.468 e. The smallest absolute Gasteiger partial charge is 0.330 e. The molecule has 5 nitrogen and oxygen atoms in total. The topological polar surface area (TPSA) is 70.8 Å². The van der Waals surface area contributed by atoms with Crippen LogP contribution in [-0.2, 0) is 19.0 Å². The maximum atomic E-state index is 11.2. The lowest BCUT2D eigenvalue weighted by molar-refractivity contribution is -0.266. The standard InChI is InChI=1S/C8H15NO4/c1-7(2)12-4-8(9,5-13-7)6(10)11-3/h4-5,9H2,1-3H3. The molecule has 5 heteroatoms. The Kier molecular flexibility index (Phi) is 2.61. The Labute approximate surface area is 77.1 Å². The van der Waals surface area contributed by atoms with E-state index < -0.39 is 17.3 Å². The molecular weight excluding hydrogens is 174 g/mol. The van der Waals surface area contributed by atoms with E-state index in [-0.39, 0.29) is 13.2 Å². The van der Waals surface area contributed by atoms with E-state index in [1.54, 1.807) is 13.8 Å². The highest BCUT2D eigenvalue weighted by molar-refractivity contribution is 5.81. The molecule has 0 amide bonds. The summed E-state index contributed by atoms with van der Waals surface area (Å²) in [6, 6.07) is 0. The average molecular weight is 189 g/mol. The third-order valence-electron chi connectivity index (χ3n) is 1.95. The van der Waals surface area contributed by atoms with Crippen LogP contribution in [0.25, 0.3) is 0 Å². The van der Waals surface area contributed by atoms with E-state index in [1.165, 1.54) is 7.11 Å². The van der Waals surface area contributed by atoms with Crippen LogP contribution in [0.1, 0.15) is 13.8 Å².